The summed E-state index contributed by atoms with van der Waals surface area (Å²) in [5, 5.41) is 4.40. The Hall–Kier alpha value is -1.95. The lowest BCUT2D eigenvalue weighted by atomic mass is 10.1. The van der Waals surface area contributed by atoms with Crippen LogP contribution >= 0.6 is 34.8 Å². The van der Waals surface area contributed by atoms with Crippen LogP contribution in [0.2, 0.25) is 15.1 Å². The van der Waals surface area contributed by atoms with Crippen LogP contribution in [-0.4, -0.2) is 35.4 Å². The second-order valence-electron chi connectivity index (χ2n) is 7.68. The average Bonchev–Trinajstić information content (AvgIpc) is 3.25. The maximum absolute atomic E-state index is 13.1. The zero-order valence-electron chi connectivity index (χ0n) is 17.2. The topological polar surface area (TPSA) is 58.6 Å². The van der Waals surface area contributed by atoms with Gasteiger partial charge in [-0.25, -0.2) is 0 Å². The fourth-order valence-electron chi connectivity index (χ4n) is 3.59. The molecule has 1 aliphatic rings. The van der Waals surface area contributed by atoms with Crippen molar-refractivity contribution >= 4 is 46.6 Å². The number of hydrogen-bond donors (Lipinski definition) is 1. The van der Waals surface area contributed by atoms with E-state index in [1.807, 2.05) is 0 Å². The minimum Gasteiger partial charge on any atom is -0.484 e. The number of halogens is 3. The molecule has 3 rings (SSSR count). The molecule has 1 atom stereocenters. The standard InChI is InChI=1S/C23H25Cl3N2O3/c1-15(23(30)27-18-6-2-3-7-18)28(13-16-9-10-20(25)21(26)11-16)22(29)14-31-19-8-4-5-17(24)12-19/h4-5,8-12,15,18H,2-3,6-7,13-14H2,1H3,(H,27,30)/t15-/m1/s1. The van der Waals surface area contributed by atoms with Gasteiger partial charge in [-0.1, -0.05) is 59.8 Å². The van der Waals surface area contributed by atoms with Crippen LogP contribution in [0.1, 0.15) is 38.2 Å². The molecule has 166 valence electrons. The van der Waals surface area contributed by atoms with E-state index in [9.17, 15) is 9.59 Å². The molecule has 0 aliphatic heterocycles. The van der Waals surface area contributed by atoms with E-state index in [1.165, 1.54) is 4.90 Å². The number of nitrogens with zero attached hydrogens (tertiary/aromatic N) is 1. The summed E-state index contributed by atoms with van der Waals surface area (Å²) in [6, 6.07) is 11.5. The summed E-state index contributed by atoms with van der Waals surface area (Å²) in [6.07, 6.45) is 4.16. The molecule has 2 aromatic carbocycles. The molecule has 0 saturated heterocycles. The summed E-state index contributed by atoms with van der Waals surface area (Å²) in [7, 11) is 0. The van der Waals surface area contributed by atoms with E-state index in [2.05, 4.69) is 5.32 Å². The Morgan fingerprint density at radius 3 is 2.52 bits per heavy atom. The monoisotopic (exact) mass is 482 g/mol. The van der Waals surface area contributed by atoms with Crippen molar-refractivity contribution in [1.82, 2.24) is 10.2 Å². The number of carbonyl (C=O) groups excluding carboxylic acids is 2. The number of carbonyl (C=O) groups is 2. The van der Waals surface area contributed by atoms with Gasteiger partial charge in [0, 0.05) is 17.6 Å². The van der Waals surface area contributed by atoms with E-state index >= 15 is 0 Å². The van der Waals surface area contributed by atoms with E-state index in [0.29, 0.717) is 20.8 Å². The van der Waals surface area contributed by atoms with Crippen LogP contribution in [-0.2, 0) is 16.1 Å². The van der Waals surface area contributed by atoms with Gasteiger partial charge in [0.05, 0.1) is 10.0 Å². The fourth-order valence-corrected chi connectivity index (χ4v) is 4.09. The van der Waals surface area contributed by atoms with Crippen molar-refractivity contribution in [1.29, 1.82) is 0 Å². The molecule has 1 N–H and O–H groups in total. The predicted molar refractivity (Wildman–Crippen MR) is 124 cm³/mol. The molecule has 1 aliphatic carbocycles. The molecule has 8 heteroatoms. The molecule has 0 bridgehead atoms. The van der Waals surface area contributed by atoms with Gasteiger partial charge in [0.25, 0.3) is 5.91 Å². The summed E-state index contributed by atoms with van der Waals surface area (Å²) in [5.41, 5.74) is 0.769. The number of rotatable bonds is 8. The highest BCUT2D eigenvalue weighted by molar-refractivity contribution is 6.42. The Labute approximate surface area is 197 Å². The van der Waals surface area contributed by atoms with Crippen LogP contribution in [0, 0.1) is 0 Å². The first kappa shape index (κ1) is 23.7. The third-order valence-electron chi connectivity index (χ3n) is 5.36. The van der Waals surface area contributed by atoms with Crippen molar-refractivity contribution in [3.8, 4) is 5.75 Å². The van der Waals surface area contributed by atoms with Gasteiger partial charge < -0.3 is 15.0 Å². The lowest BCUT2D eigenvalue weighted by molar-refractivity contribution is -0.142. The van der Waals surface area contributed by atoms with Crippen molar-refractivity contribution in [2.75, 3.05) is 6.61 Å². The van der Waals surface area contributed by atoms with Crippen molar-refractivity contribution < 1.29 is 14.3 Å². The molecule has 0 spiro atoms. The van der Waals surface area contributed by atoms with Gasteiger partial charge in [0.2, 0.25) is 5.91 Å². The first-order valence-corrected chi connectivity index (χ1v) is 11.4. The molecule has 2 aromatic rings. The number of amides is 2. The molecule has 2 amide bonds. The SMILES string of the molecule is C[C@H](C(=O)NC1CCCC1)N(Cc1ccc(Cl)c(Cl)c1)C(=O)COc1cccc(Cl)c1. The van der Waals surface area contributed by atoms with Crippen molar-refractivity contribution in [2.24, 2.45) is 0 Å². The number of benzene rings is 2. The number of nitrogens with one attached hydrogen (secondary N) is 1. The highest BCUT2D eigenvalue weighted by Crippen LogP contribution is 2.24. The van der Waals surface area contributed by atoms with Crippen LogP contribution in [0.3, 0.4) is 0 Å². The molecule has 0 radical (unpaired) electrons. The van der Waals surface area contributed by atoms with Gasteiger partial charge in [-0.2, -0.15) is 0 Å². The minimum atomic E-state index is -0.675. The van der Waals surface area contributed by atoms with E-state index in [1.54, 1.807) is 49.4 Å². The molecular weight excluding hydrogens is 459 g/mol. The molecule has 0 aromatic heterocycles. The maximum atomic E-state index is 13.1. The van der Waals surface area contributed by atoms with Gasteiger partial charge >= 0.3 is 0 Å². The smallest absolute Gasteiger partial charge is 0.261 e. The lowest BCUT2D eigenvalue weighted by Gasteiger charge is -2.29. The zero-order chi connectivity index (χ0) is 22.4. The third kappa shape index (κ3) is 6.76. The van der Waals surface area contributed by atoms with E-state index in [0.717, 1.165) is 31.2 Å². The van der Waals surface area contributed by atoms with E-state index in [4.69, 9.17) is 39.5 Å². The molecule has 0 heterocycles. The molecule has 0 unspecified atom stereocenters. The lowest BCUT2D eigenvalue weighted by Crippen LogP contribution is -2.50. The Morgan fingerprint density at radius 1 is 1.10 bits per heavy atom. The Morgan fingerprint density at radius 2 is 1.84 bits per heavy atom. The molecule has 5 nitrogen and oxygen atoms in total. The van der Waals surface area contributed by atoms with Gasteiger partial charge in [0.15, 0.2) is 6.61 Å². The zero-order valence-corrected chi connectivity index (χ0v) is 19.5. The first-order valence-electron chi connectivity index (χ1n) is 10.3. The summed E-state index contributed by atoms with van der Waals surface area (Å²) in [5.74, 6) is -0.0124. The Kier molecular flexibility index (Phi) is 8.47. The normalized spacial score (nSPS) is 14.8. The minimum absolute atomic E-state index is 0.166. The van der Waals surface area contributed by atoms with Crippen LogP contribution < -0.4 is 10.1 Å². The highest BCUT2D eigenvalue weighted by Gasteiger charge is 2.28. The Balaban J connectivity index is 1.73. The molecule has 1 fully saturated rings. The van der Waals surface area contributed by atoms with Crippen LogP contribution in [0.5, 0.6) is 5.75 Å². The summed E-state index contributed by atoms with van der Waals surface area (Å²) in [4.78, 5) is 27.4. The third-order valence-corrected chi connectivity index (χ3v) is 6.34. The fraction of sp³-hybridized carbons (Fsp3) is 0.391. The quantitative estimate of drug-likeness (QED) is 0.539. The second-order valence-corrected chi connectivity index (χ2v) is 8.93. The molecule has 1 saturated carbocycles. The largest absolute Gasteiger partial charge is 0.484 e. The van der Waals surface area contributed by atoms with E-state index < -0.39 is 6.04 Å². The Bertz CT molecular complexity index is 932. The summed E-state index contributed by atoms with van der Waals surface area (Å²) >= 11 is 18.1. The van der Waals surface area contributed by atoms with E-state index in [-0.39, 0.29) is 31.0 Å². The van der Waals surface area contributed by atoms with Crippen LogP contribution in [0.25, 0.3) is 0 Å². The average molecular weight is 484 g/mol. The van der Waals surface area contributed by atoms with Gasteiger partial charge in [0.1, 0.15) is 11.8 Å². The number of ether oxygens (including phenoxy) is 1. The van der Waals surface area contributed by atoms with Crippen molar-refractivity contribution in [2.45, 2.75) is 51.2 Å². The van der Waals surface area contributed by atoms with Crippen molar-refractivity contribution in [3.63, 3.8) is 0 Å². The van der Waals surface area contributed by atoms with Gasteiger partial charge in [-0.05, 0) is 55.7 Å². The van der Waals surface area contributed by atoms with Crippen molar-refractivity contribution in [3.05, 3.63) is 63.1 Å². The first-order chi connectivity index (χ1) is 14.8. The highest BCUT2D eigenvalue weighted by atomic mass is 35.5. The number of hydrogen-bond acceptors (Lipinski definition) is 3. The predicted octanol–water partition coefficient (Wildman–Crippen LogP) is 5.50. The molecular formula is C23H25Cl3N2O3. The summed E-state index contributed by atoms with van der Waals surface area (Å²) < 4.78 is 5.62. The van der Waals surface area contributed by atoms with Crippen LogP contribution in [0.4, 0.5) is 0 Å². The van der Waals surface area contributed by atoms with Crippen LogP contribution in [0.15, 0.2) is 42.5 Å². The van der Waals surface area contributed by atoms with Gasteiger partial charge in [-0.15, -0.1) is 0 Å². The molecule has 31 heavy (non-hydrogen) atoms. The summed E-state index contributed by atoms with van der Waals surface area (Å²) in [6.45, 7) is 1.70. The van der Waals surface area contributed by atoms with Gasteiger partial charge in [-0.3, -0.25) is 9.59 Å². The maximum Gasteiger partial charge on any atom is 0.261 e. The second kappa shape index (κ2) is 11.1.